The summed E-state index contributed by atoms with van der Waals surface area (Å²) in [4.78, 5) is 35.2. The molecule has 0 amide bonds. The maximum absolute atomic E-state index is 11.7. The Morgan fingerprint density at radius 1 is 1.38 bits per heavy atom. The van der Waals surface area contributed by atoms with Gasteiger partial charge in [-0.2, -0.15) is 0 Å². The molecular weight excluding hydrogens is 302 g/mol. The number of nitrogens with zero attached hydrogens (tertiary/aromatic N) is 2. The average molecular weight is 312 g/mol. The number of non-ortho nitro benzene ring substituents is 1. The topological polar surface area (TPSA) is 107 Å². The van der Waals surface area contributed by atoms with Crippen molar-refractivity contribution in [3.63, 3.8) is 0 Å². The van der Waals surface area contributed by atoms with Crippen LogP contribution >= 0.6 is 11.6 Å². The van der Waals surface area contributed by atoms with E-state index in [0.717, 1.165) is 4.57 Å². The summed E-state index contributed by atoms with van der Waals surface area (Å²) in [6.45, 7) is 0.00731. The van der Waals surface area contributed by atoms with Crippen molar-refractivity contribution in [1.82, 2.24) is 9.55 Å². The van der Waals surface area contributed by atoms with E-state index in [0.29, 0.717) is 11.3 Å². The van der Waals surface area contributed by atoms with E-state index in [1.54, 1.807) is 6.07 Å². The minimum absolute atomic E-state index is 0.00731. The molecule has 0 spiro atoms. The quantitative estimate of drug-likeness (QED) is 0.673. The van der Waals surface area contributed by atoms with E-state index >= 15 is 0 Å². The van der Waals surface area contributed by atoms with Crippen LogP contribution in [0.5, 0.6) is 5.75 Å². The van der Waals surface area contributed by atoms with E-state index < -0.39 is 16.2 Å². The number of nitrogens with one attached hydrogen (secondary N) is 1. The van der Waals surface area contributed by atoms with Crippen LogP contribution in [0.2, 0.25) is 5.02 Å². The molecule has 0 radical (unpaired) electrons. The van der Waals surface area contributed by atoms with E-state index in [9.17, 15) is 19.7 Å². The summed E-state index contributed by atoms with van der Waals surface area (Å²) >= 11 is 5.66. The summed E-state index contributed by atoms with van der Waals surface area (Å²) in [5.41, 5.74) is -1.04. The van der Waals surface area contributed by atoms with Gasteiger partial charge in [-0.15, -0.1) is 0 Å². The number of hydrogen-bond donors (Lipinski definition) is 1. The van der Waals surface area contributed by atoms with E-state index in [1.807, 2.05) is 4.98 Å². The molecule has 2 aromatic rings. The molecule has 1 heterocycles. The number of hydrogen-bond acceptors (Lipinski definition) is 5. The zero-order chi connectivity index (χ0) is 15.6. The third-order valence-corrected chi connectivity index (χ3v) is 2.99. The minimum Gasteiger partial charge on any atom is -0.496 e. The molecule has 8 nitrogen and oxygen atoms in total. The normalized spacial score (nSPS) is 10.4. The van der Waals surface area contributed by atoms with Gasteiger partial charge in [-0.25, -0.2) is 4.79 Å². The van der Waals surface area contributed by atoms with Gasteiger partial charge in [0.25, 0.3) is 11.2 Å². The van der Waals surface area contributed by atoms with E-state index in [4.69, 9.17) is 16.3 Å². The molecule has 0 fully saturated rings. The standard InChI is InChI=1S/C12H10ClN3O5/c1-21-9-3-7(2-8(4-9)16(19)20)5-15-6-10(13)11(17)14-12(15)18/h2-4,6H,5H2,1H3,(H,14,17,18). The van der Waals surface area contributed by atoms with Crippen molar-refractivity contribution in [1.29, 1.82) is 0 Å². The molecule has 1 aromatic heterocycles. The van der Waals surface area contributed by atoms with Crippen molar-refractivity contribution >= 4 is 17.3 Å². The molecule has 0 saturated heterocycles. The Kier molecular flexibility index (Phi) is 4.08. The fraction of sp³-hybridized carbons (Fsp3) is 0.167. The highest BCUT2D eigenvalue weighted by molar-refractivity contribution is 6.30. The zero-order valence-electron chi connectivity index (χ0n) is 10.8. The van der Waals surface area contributed by atoms with Crippen LogP contribution in [-0.2, 0) is 6.54 Å². The number of nitro groups is 1. The molecule has 21 heavy (non-hydrogen) atoms. The first kappa shape index (κ1) is 14.8. The Bertz CT molecular complexity index is 811. The number of aromatic nitrogens is 2. The van der Waals surface area contributed by atoms with Crippen LogP contribution in [0.25, 0.3) is 0 Å². The van der Waals surface area contributed by atoms with Crippen molar-refractivity contribution in [2.75, 3.05) is 7.11 Å². The molecule has 2 rings (SSSR count). The number of nitro benzene ring substituents is 1. The van der Waals surface area contributed by atoms with Crippen molar-refractivity contribution in [2.45, 2.75) is 6.54 Å². The molecule has 0 aliphatic rings. The van der Waals surface area contributed by atoms with Crippen LogP contribution in [0.15, 0.2) is 34.0 Å². The average Bonchev–Trinajstić information content (AvgIpc) is 2.44. The Morgan fingerprint density at radius 2 is 2.10 bits per heavy atom. The second kappa shape index (κ2) is 5.80. The summed E-state index contributed by atoms with van der Waals surface area (Å²) in [5.74, 6) is 0.294. The molecule has 0 bridgehead atoms. The molecule has 0 saturated carbocycles. The Balaban J connectivity index is 2.46. The Labute approximate surface area is 122 Å². The largest absolute Gasteiger partial charge is 0.496 e. The van der Waals surface area contributed by atoms with Gasteiger partial charge in [-0.1, -0.05) is 11.6 Å². The van der Waals surface area contributed by atoms with Gasteiger partial charge in [-0.3, -0.25) is 24.5 Å². The van der Waals surface area contributed by atoms with Gasteiger partial charge >= 0.3 is 5.69 Å². The molecule has 0 aliphatic heterocycles. The molecule has 0 aliphatic carbocycles. The molecule has 1 aromatic carbocycles. The van der Waals surface area contributed by atoms with E-state index in [1.165, 1.54) is 25.4 Å². The van der Waals surface area contributed by atoms with E-state index in [-0.39, 0.29) is 17.3 Å². The molecule has 110 valence electrons. The van der Waals surface area contributed by atoms with Crippen LogP contribution in [-0.4, -0.2) is 21.6 Å². The van der Waals surface area contributed by atoms with Gasteiger partial charge in [0.15, 0.2) is 0 Å². The number of rotatable bonds is 4. The third-order valence-electron chi connectivity index (χ3n) is 2.72. The number of ether oxygens (including phenoxy) is 1. The molecule has 0 atom stereocenters. The number of halogens is 1. The van der Waals surface area contributed by atoms with Gasteiger partial charge in [0, 0.05) is 12.3 Å². The molecular formula is C12H10ClN3O5. The van der Waals surface area contributed by atoms with Crippen molar-refractivity contribution in [3.8, 4) is 5.75 Å². The summed E-state index contributed by atoms with van der Waals surface area (Å²) in [7, 11) is 1.38. The lowest BCUT2D eigenvalue weighted by molar-refractivity contribution is -0.385. The smallest absolute Gasteiger partial charge is 0.328 e. The number of H-pyrrole nitrogens is 1. The first-order valence-electron chi connectivity index (χ1n) is 5.72. The Hall–Kier alpha value is -2.61. The van der Waals surface area contributed by atoms with Crippen molar-refractivity contribution < 1.29 is 9.66 Å². The Morgan fingerprint density at radius 3 is 2.71 bits per heavy atom. The summed E-state index contributed by atoms with van der Waals surface area (Å²) in [6.07, 6.45) is 1.17. The van der Waals surface area contributed by atoms with Crippen LogP contribution in [0.3, 0.4) is 0 Å². The highest BCUT2D eigenvalue weighted by Gasteiger charge is 2.11. The van der Waals surface area contributed by atoms with Crippen LogP contribution in [0.1, 0.15) is 5.56 Å². The molecule has 0 unspecified atom stereocenters. The van der Waals surface area contributed by atoms with Crippen molar-refractivity contribution in [3.05, 3.63) is 65.9 Å². The lowest BCUT2D eigenvalue weighted by Gasteiger charge is -2.07. The number of methoxy groups -OCH3 is 1. The summed E-state index contributed by atoms with van der Waals surface area (Å²) in [6, 6.07) is 4.14. The van der Waals surface area contributed by atoms with Crippen molar-refractivity contribution in [2.24, 2.45) is 0 Å². The molecule has 1 N–H and O–H groups in total. The first-order valence-corrected chi connectivity index (χ1v) is 6.10. The third kappa shape index (κ3) is 3.29. The van der Waals surface area contributed by atoms with Gasteiger partial charge in [0.1, 0.15) is 10.8 Å². The predicted octanol–water partition coefficient (Wildman–Crippen LogP) is 1.16. The lowest BCUT2D eigenvalue weighted by atomic mass is 10.2. The monoisotopic (exact) mass is 311 g/mol. The van der Waals surface area contributed by atoms with E-state index in [2.05, 4.69) is 0 Å². The highest BCUT2D eigenvalue weighted by Crippen LogP contribution is 2.22. The van der Waals surface area contributed by atoms with Crippen LogP contribution < -0.4 is 16.0 Å². The zero-order valence-corrected chi connectivity index (χ0v) is 11.6. The minimum atomic E-state index is -0.686. The van der Waals surface area contributed by atoms with Gasteiger partial charge in [0.05, 0.1) is 24.6 Å². The van der Waals surface area contributed by atoms with Crippen LogP contribution in [0.4, 0.5) is 5.69 Å². The second-order valence-electron chi connectivity index (χ2n) is 4.16. The predicted molar refractivity (Wildman–Crippen MR) is 75.1 cm³/mol. The maximum Gasteiger partial charge on any atom is 0.328 e. The van der Waals surface area contributed by atoms with Gasteiger partial charge in [-0.05, 0) is 11.6 Å². The SMILES string of the molecule is COc1cc(Cn2cc(Cl)c(=O)[nH]c2=O)cc([N+](=O)[O-])c1. The van der Waals surface area contributed by atoms with Gasteiger partial charge in [0.2, 0.25) is 0 Å². The number of aromatic amines is 1. The summed E-state index contributed by atoms with van der Waals surface area (Å²) < 4.78 is 6.12. The fourth-order valence-corrected chi connectivity index (χ4v) is 1.92. The lowest BCUT2D eigenvalue weighted by Crippen LogP contribution is -2.29. The van der Waals surface area contributed by atoms with Crippen LogP contribution in [0, 0.1) is 10.1 Å². The van der Waals surface area contributed by atoms with Gasteiger partial charge < -0.3 is 4.74 Å². The maximum atomic E-state index is 11.7. The molecule has 9 heteroatoms. The first-order chi connectivity index (χ1) is 9.90. The fourth-order valence-electron chi connectivity index (χ4n) is 1.75. The summed E-state index contributed by atoms with van der Waals surface area (Å²) in [5, 5.41) is 10.7. The second-order valence-corrected chi connectivity index (χ2v) is 4.57. The number of benzene rings is 1. The highest BCUT2D eigenvalue weighted by atomic mass is 35.5.